The van der Waals surface area contributed by atoms with Crippen LogP contribution < -0.4 is 0 Å². The molecule has 0 spiro atoms. The van der Waals surface area contributed by atoms with Crippen LogP contribution in [-0.4, -0.2) is 20.3 Å². The Morgan fingerprint density at radius 2 is 2.08 bits per heavy atom. The molecule has 1 aliphatic rings. The molecule has 2 nitrogen and oxygen atoms in total. The lowest BCUT2D eigenvalue weighted by atomic mass is 10.1. The molecule has 1 aliphatic carbocycles. The lowest BCUT2D eigenvalue weighted by molar-refractivity contribution is 0.329. The summed E-state index contributed by atoms with van der Waals surface area (Å²) in [4.78, 5) is 0. The van der Waals surface area contributed by atoms with Crippen LogP contribution in [0.15, 0.2) is 0 Å². The van der Waals surface area contributed by atoms with E-state index in [1.807, 2.05) is 0 Å². The van der Waals surface area contributed by atoms with Crippen molar-refractivity contribution in [2.24, 2.45) is 5.92 Å². The van der Waals surface area contributed by atoms with Gasteiger partial charge in [0.05, 0.1) is 5.75 Å². The topological polar surface area (TPSA) is 34.1 Å². The van der Waals surface area contributed by atoms with E-state index in [4.69, 9.17) is 10.7 Å². The maximum Gasteiger partial charge on any atom is 0.232 e. The molecule has 1 rings (SSSR count). The van der Waals surface area contributed by atoms with Gasteiger partial charge in [-0.3, -0.25) is 0 Å². The minimum Gasteiger partial charge on any atom is -0.247 e. The summed E-state index contributed by atoms with van der Waals surface area (Å²) in [5.41, 5.74) is 0. The zero-order valence-corrected chi connectivity index (χ0v) is 8.24. The van der Waals surface area contributed by atoms with Crippen molar-refractivity contribution in [2.75, 3.05) is 5.75 Å². The molecule has 2 atom stereocenters. The maximum absolute atomic E-state index is 12.6. The van der Waals surface area contributed by atoms with Crippen LogP contribution in [-0.2, 0) is 9.05 Å². The number of hydrogen-bond donors (Lipinski definition) is 0. The molecule has 0 aromatic heterocycles. The zero-order valence-electron chi connectivity index (χ0n) is 6.67. The van der Waals surface area contributed by atoms with Gasteiger partial charge in [-0.25, -0.2) is 12.8 Å². The van der Waals surface area contributed by atoms with Crippen molar-refractivity contribution in [1.29, 1.82) is 0 Å². The van der Waals surface area contributed by atoms with Gasteiger partial charge in [0.15, 0.2) is 0 Å². The summed E-state index contributed by atoms with van der Waals surface area (Å²) in [7, 11) is 1.65. The highest BCUT2D eigenvalue weighted by Gasteiger charge is 2.24. The fourth-order valence-electron chi connectivity index (χ4n) is 1.58. The van der Waals surface area contributed by atoms with Gasteiger partial charge < -0.3 is 0 Å². The number of alkyl halides is 1. The van der Waals surface area contributed by atoms with Crippen LogP contribution in [0, 0.1) is 5.92 Å². The van der Waals surface area contributed by atoms with E-state index >= 15 is 0 Å². The number of hydrogen-bond acceptors (Lipinski definition) is 2. The Morgan fingerprint density at radius 1 is 1.42 bits per heavy atom. The Bertz CT molecular complexity index is 240. The second-order valence-electron chi connectivity index (χ2n) is 3.31. The van der Waals surface area contributed by atoms with Gasteiger partial charge in [-0.15, -0.1) is 0 Å². The molecule has 0 aliphatic heterocycles. The van der Waals surface area contributed by atoms with Crippen LogP contribution in [0.2, 0.25) is 0 Å². The molecular weight excluding hydrogens is 203 g/mol. The van der Waals surface area contributed by atoms with Gasteiger partial charge in [-0.2, -0.15) is 0 Å². The monoisotopic (exact) mass is 214 g/mol. The fourth-order valence-corrected chi connectivity index (χ4v) is 2.47. The third kappa shape index (κ3) is 3.72. The molecule has 0 aromatic rings. The first-order chi connectivity index (χ1) is 5.47. The molecule has 5 heteroatoms. The van der Waals surface area contributed by atoms with E-state index in [0.717, 1.165) is 6.42 Å². The van der Waals surface area contributed by atoms with E-state index in [0.29, 0.717) is 19.3 Å². The third-order valence-electron chi connectivity index (χ3n) is 2.25. The lowest BCUT2D eigenvalue weighted by Gasteiger charge is -2.05. The van der Waals surface area contributed by atoms with E-state index in [-0.39, 0.29) is 11.7 Å². The minimum absolute atomic E-state index is 0.0219. The SMILES string of the molecule is O=S(=O)(Cl)CCC1CCC(F)C1. The van der Waals surface area contributed by atoms with Crippen LogP contribution in [0.25, 0.3) is 0 Å². The summed E-state index contributed by atoms with van der Waals surface area (Å²) in [6.45, 7) is 0. The molecule has 2 unspecified atom stereocenters. The summed E-state index contributed by atoms with van der Waals surface area (Å²) in [5.74, 6) is 0.194. The largest absolute Gasteiger partial charge is 0.247 e. The molecule has 0 heterocycles. The molecule has 1 saturated carbocycles. The first-order valence-electron chi connectivity index (χ1n) is 4.04. The predicted octanol–water partition coefficient (Wildman–Crippen LogP) is 2.08. The lowest BCUT2D eigenvalue weighted by Crippen LogP contribution is -2.04. The van der Waals surface area contributed by atoms with E-state index in [2.05, 4.69) is 0 Å². The second-order valence-corrected chi connectivity index (χ2v) is 6.20. The summed E-state index contributed by atoms with van der Waals surface area (Å²) in [6, 6.07) is 0. The van der Waals surface area contributed by atoms with Crippen LogP contribution >= 0.6 is 10.7 Å². The van der Waals surface area contributed by atoms with Gasteiger partial charge in [-0.05, 0) is 31.6 Å². The first-order valence-corrected chi connectivity index (χ1v) is 6.51. The van der Waals surface area contributed by atoms with Crippen LogP contribution in [0.1, 0.15) is 25.7 Å². The number of halogens is 2. The summed E-state index contributed by atoms with van der Waals surface area (Å²) in [6.07, 6.45) is 1.66. The van der Waals surface area contributed by atoms with Gasteiger partial charge in [0.2, 0.25) is 9.05 Å². The molecule has 0 aromatic carbocycles. The molecule has 0 radical (unpaired) electrons. The fraction of sp³-hybridized carbons (Fsp3) is 1.00. The predicted molar refractivity (Wildman–Crippen MR) is 46.5 cm³/mol. The van der Waals surface area contributed by atoms with E-state index in [1.54, 1.807) is 0 Å². The summed E-state index contributed by atoms with van der Waals surface area (Å²) >= 11 is 0. The molecule has 12 heavy (non-hydrogen) atoms. The molecule has 1 fully saturated rings. The Morgan fingerprint density at radius 3 is 2.50 bits per heavy atom. The van der Waals surface area contributed by atoms with Gasteiger partial charge in [0, 0.05) is 10.7 Å². The van der Waals surface area contributed by atoms with Gasteiger partial charge >= 0.3 is 0 Å². The van der Waals surface area contributed by atoms with Crippen molar-refractivity contribution >= 4 is 19.7 Å². The summed E-state index contributed by atoms with van der Waals surface area (Å²) < 4.78 is 33.7. The Labute approximate surface area is 76.5 Å². The van der Waals surface area contributed by atoms with Crippen molar-refractivity contribution in [3.8, 4) is 0 Å². The summed E-state index contributed by atoms with van der Waals surface area (Å²) in [5, 5.41) is 0. The normalized spacial score (nSPS) is 30.8. The molecule has 0 saturated heterocycles. The van der Waals surface area contributed by atoms with Crippen molar-refractivity contribution in [3.63, 3.8) is 0 Å². The minimum atomic E-state index is -3.38. The van der Waals surface area contributed by atoms with E-state index in [1.165, 1.54) is 0 Å². The van der Waals surface area contributed by atoms with Crippen LogP contribution in [0.5, 0.6) is 0 Å². The highest BCUT2D eigenvalue weighted by molar-refractivity contribution is 8.13. The molecule has 0 N–H and O–H groups in total. The average molecular weight is 215 g/mol. The molecule has 72 valence electrons. The quantitative estimate of drug-likeness (QED) is 0.675. The standard InChI is InChI=1S/C7H12ClFO2S/c8-12(10,11)4-3-6-1-2-7(9)5-6/h6-7H,1-5H2. The smallest absolute Gasteiger partial charge is 0.232 e. The molecule has 0 bridgehead atoms. The first kappa shape index (κ1) is 10.3. The Balaban J connectivity index is 2.25. The zero-order chi connectivity index (χ0) is 9.19. The molecule has 0 amide bonds. The van der Waals surface area contributed by atoms with E-state index < -0.39 is 15.2 Å². The average Bonchev–Trinajstić information content (AvgIpc) is 2.30. The van der Waals surface area contributed by atoms with Gasteiger partial charge in [0.1, 0.15) is 6.17 Å². The van der Waals surface area contributed by atoms with Crippen molar-refractivity contribution in [1.82, 2.24) is 0 Å². The number of rotatable bonds is 3. The van der Waals surface area contributed by atoms with Crippen LogP contribution in [0.3, 0.4) is 0 Å². The van der Waals surface area contributed by atoms with E-state index in [9.17, 15) is 12.8 Å². The maximum atomic E-state index is 12.6. The van der Waals surface area contributed by atoms with Crippen LogP contribution in [0.4, 0.5) is 4.39 Å². The molecular formula is C7H12ClFO2S. The van der Waals surface area contributed by atoms with Crippen molar-refractivity contribution in [2.45, 2.75) is 31.9 Å². The highest BCUT2D eigenvalue weighted by Crippen LogP contribution is 2.30. The van der Waals surface area contributed by atoms with Gasteiger partial charge in [0.25, 0.3) is 0 Å². The van der Waals surface area contributed by atoms with Crippen molar-refractivity contribution < 1.29 is 12.8 Å². The van der Waals surface area contributed by atoms with Crippen molar-refractivity contribution in [3.05, 3.63) is 0 Å². The second kappa shape index (κ2) is 3.92. The third-order valence-corrected chi connectivity index (χ3v) is 3.43. The van der Waals surface area contributed by atoms with Gasteiger partial charge in [-0.1, -0.05) is 0 Å². The Hall–Kier alpha value is 0.170. The Kier molecular flexibility index (Phi) is 3.35. The highest BCUT2D eigenvalue weighted by atomic mass is 35.7.